The van der Waals surface area contributed by atoms with E-state index in [9.17, 15) is 0 Å². The van der Waals surface area contributed by atoms with Crippen LogP contribution < -0.4 is 0 Å². The van der Waals surface area contributed by atoms with Crippen molar-refractivity contribution in [1.82, 2.24) is 0 Å². The number of halogens is 2. The van der Waals surface area contributed by atoms with Crippen LogP contribution in [0.2, 0.25) is 0 Å². The summed E-state index contributed by atoms with van der Waals surface area (Å²) in [5.74, 6) is 0. The molecule has 0 aliphatic heterocycles. The van der Waals surface area contributed by atoms with Crippen molar-refractivity contribution in [2.75, 3.05) is 0 Å². The molecule has 0 aromatic carbocycles. The molecule has 0 unspecified atom stereocenters. The summed E-state index contributed by atoms with van der Waals surface area (Å²) in [5.41, 5.74) is 0. The summed E-state index contributed by atoms with van der Waals surface area (Å²) in [5, 5.41) is 0. The molecule has 0 spiro atoms. The van der Waals surface area contributed by atoms with Gasteiger partial charge in [-0.1, -0.05) is 0 Å². The van der Waals surface area contributed by atoms with Crippen molar-refractivity contribution in [3.05, 3.63) is 0 Å². The van der Waals surface area contributed by atoms with Gasteiger partial charge in [-0.05, 0) is 0 Å². The van der Waals surface area contributed by atoms with Crippen LogP contribution in [-0.2, 0) is 0 Å². The molecule has 4 heavy (non-hydrogen) atoms. The SMILES string of the molecule is Cl.I.[GaH3].[NaH]. The van der Waals surface area contributed by atoms with E-state index in [1.807, 2.05) is 0 Å². The second kappa shape index (κ2) is 17.4. The summed E-state index contributed by atoms with van der Waals surface area (Å²) in [6, 6.07) is 0. The summed E-state index contributed by atoms with van der Waals surface area (Å²) < 4.78 is 0. The zero-order chi connectivity index (χ0) is 0. The molecule has 0 atom stereocenters. The average Bonchev–Trinajstić information content (AvgIpc) is 0. The Balaban J connectivity index is 0. The van der Waals surface area contributed by atoms with Crippen LogP contribution in [-0.4, -0.2) is 49.3 Å². The van der Waals surface area contributed by atoms with Gasteiger partial charge in [0.1, 0.15) is 0 Å². The van der Waals surface area contributed by atoms with Crippen molar-refractivity contribution in [2.45, 2.75) is 0 Å². The van der Waals surface area contributed by atoms with Gasteiger partial charge in [0.05, 0.1) is 0 Å². The predicted molar refractivity (Wildman–Crippen MR) is 39.8 cm³/mol. The molecule has 0 bridgehead atoms. The minimum atomic E-state index is 0. The van der Waals surface area contributed by atoms with Crippen LogP contribution in [0.25, 0.3) is 0 Å². The maximum atomic E-state index is 0. The molecule has 0 saturated heterocycles. The molecule has 0 radical (unpaired) electrons. The average molecular weight is 261 g/mol. The topological polar surface area (TPSA) is 0 Å². The van der Waals surface area contributed by atoms with Gasteiger partial charge in [-0.3, -0.25) is 0 Å². The Bertz CT molecular complexity index is 8.00. The van der Waals surface area contributed by atoms with E-state index in [0.717, 1.165) is 0 Å². The summed E-state index contributed by atoms with van der Waals surface area (Å²) in [7, 11) is 0. The zero-order valence-electron chi connectivity index (χ0n) is 0.816. The van der Waals surface area contributed by atoms with Gasteiger partial charge in [-0.2, -0.15) is 0 Å². The van der Waals surface area contributed by atoms with Gasteiger partial charge >= 0.3 is 49.3 Å². The van der Waals surface area contributed by atoms with Crippen molar-refractivity contribution in [3.63, 3.8) is 0 Å². The molecule has 0 saturated carbocycles. The first kappa shape index (κ1) is 30.2. The van der Waals surface area contributed by atoms with Crippen molar-refractivity contribution >= 4 is 85.7 Å². The van der Waals surface area contributed by atoms with Crippen LogP contribution in [0.1, 0.15) is 0 Å². The third-order valence-electron chi connectivity index (χ3n) is 0. The minimum absolute atomic E-state index is 0. The molecule has 0 aliphatic rings. The molecule has 0 heterocycles. The van der Waals surface area contributed by atoms with E-state index in [1.165, 1.54) is 0 Å². The van der Waals surface area contributed by atoms with Gasteiger partial charge in [0.25, 0.3) is 0 Å². The van der Waals surface area contributed by atoms with Crippen LogP contribution in [0, 0.1) is 0 Å². The van der Waals surface area contributed by atoms with Crippen molar-refractivity contribution in [1.29, 1.82) is 0 Å². The van der Waals surface area contributed by atoms with E-state index in [2.05, 4.69) is 0 Å². The Labute approximate surface area is 84.3 Å². The number of rotatable bonds is 0. The summed E-state index contributed by atoms with van der Waals surface area (Å²) in [6.07, 6.45) is 0. The second-order valence-corrected chi connectivity index (χ2v) is 0. The van der Waals surface area contributed by atoms with Gasteiger partial charge in [0.15, 0.2) is 0 Å². The van der Waals surface area contributed by atoms with Crippen molar-refractivity contribution < 1.29 is 0 Å². The van der Waals surface area contributed by atoms with Gasteiger partial charge in [0.2, 0.25) is 0 Å². The molecule has 0 N–H and O–H groups in total. The third kappa shape index (κ3) is 8.82. The van der Waals surface area contributed by atoms with Crippen molar-refractivity contribution in [2.24, 2.45) is 0 Å². The van der Waals surface area contributed by atoms with Crippen LogP contribution >= 0.6 is 36.4 Å². The number of hydrogen-bond donors (Lipinski definition) is 0. The van der Waals surface area contributed by atoms with E-state index in [1.54, 1.807) is 0 Å². The fraction of sp³-hybridized carbons (Fsp3) is 0. The molecule has 0 aromatic rings. The van der Waals surface area contributed by atoms with Crippen molar-refractivity contribution in [3.8, 4) is 0 Å². The molecule has 0 aliphatic carbocycles. The Kier molecular flexibility index (Phi) is 131. The van der Waals surface area contributed by atoms with E-state index in [4.69, 9.17) is 0 Å². The predicted octanol–water partition coefficient (Wildman–Crippen LogP) is -0.793. The Morgan fingerprint density at radius 3 is 1.00 bits per heavy atom. The van der Waals surface area contributed by atoms with Gasteiger partial charge in [-0.25, -0.2) is 0 Å². The molecular formula is H6ClGaINa. The molecular weight excluding hydrogens is 255 g/mol. The van der Waals surface area contributed by atoms with Gasteiger partial charge in [0, 0.05) is 0 Å². The second-order valence-electron chi connectivity index (χ2n) is 0. The molecule has 4 heteroatoms. The molecule has 0 rings (SSSR count). The molecule has 0 nitrogen and oxygen atoms in total. The molecule has 0 aromatic heterocycles. The molecule has 24 valence electrons. The van der Waals surface area contributed by atoms with E-state index in [-0.39, 0.29) is 85.7 Å². The van der Waals surface area contributed by atoms with Crippen LogP contribution in [0.3, 0.4) is 0 Å². The van der Waals surface area contributed by atoms with E-state index >= 15 is 0 Å². The summed E-state index contributed by atoms with van der Waals surface area (Å²) >= 11 is 0. The number of hydrogen-bond acceptors (Lipinski definition) is 0. The standard InChI is InChI=1S/ClH.Ga.HI.Na.4H/h1H;;1H;;;;;. The monoisotopic (exact) mass is 260 g/mol. The van der Waals surface area contributed by atoms with Crippen LogP contribution in [0.15, 0.2) is 0 Å². The fourth-order valence-corrected chi connectivity index (χ4v) is 0. The molecule has 0 amide bonds. The third-order valence-corrected chi connectivity index (χ3v) is 0. The van der Waals surface area contributed by atoms with Crippen LogP contribution in [0.5, 0.6) is 0 Å². The first-order chi connectivity index (χ1) is 0. The van der Waals surface area contributed by atoms with E-state index < -0.39 is 0 Å². The molecule has 0 fully saturated rings. The van der Waals surface area contributed by atoms with E-state index in [0.29, 0.717) is 0 Å². The maximum absolute atomic E-state index is 0. The zero-order valence-corrected chi connectivity index (χ0v) is 3.96. The quantitative estimate of drug-likeness (QED) is 0.396. The summed E-state index contributed by atoms with van der Waals surface area (Å²) in [6.45, 7) is 0. The Morgan fingerprint density at radius 1 is 1.00 bits per heavy atom. The Hall–Kier alpha value is 2.66. The van der Waals surface area contributed by atoms with Crippen LogP contribution in [0.4, 0.5) is 0 Å². The first-order valence-corrected chi connectivity index (χ1v) is 0. The normalized spacial score (nSPS) is 0. The summed E-state index contributed by atoms with van der Waals surface area (Å²) in [4.78, 5) is 0. The van der Waals surface area contributed by atoms with Gasteiger partial charge < -0.3 is 0 Å². The van der Waals surface area contributed by atoms with Gasteiger partial charge in [-0.15, -0.1) is 36.4 Å². The Morgan fingerprint density at radius 2 is 1.00 bits per heavy atom. The first-order valence-electron chi connectivity index (χ1n) is 0. The fourth-order valence-electron chi connectivity index (χ4n) is 0.